The van der Waals surface area contributed by atoms with Gasteiger partial charge in [0.05, 0.1) is 23.0 Å². The third kappa shape index (κ3) is 3.18. The summed E-state index contributed by atoms with van der Waals surface area (Å²) in [5.41, 5.74) is 2.12. The minimum atomic E-state index is -3.79. The van der Waals surface area contributed by atoms with Crippen LogP contribution in [0.1, 0.15) is 13.3 Å². The maximum Gasteiger partial charge on any atom is 0.238 e. The smallest absolute Gasteiger partial charge is 0.238 e. The number of nitrogens with two attached hydrogens (primary N) is 1. The summed E-state index contributed by atoms with van der Waals surface area (Å²) < 4.78 is 30.3. The van der Waals surface area contributed by atoms with E-state index in [1.807, 2.05) is 11.5 Å². The Kier molecular flexibility index (Phi) is 4.40. The van der Waals surface area contributed by atoms with Gasteiger partial charge in [-0.15, -0.1) is 0 Å². The number of rotatable bonds is 5. The van der Waals surface area contributed by atoms with Crippen molar-refractivity contribution < 1.29 is 18.3 Å². The number of aromatic hydroxyl groups is 1. The van der Waals surface area contributed by atoms with Crippen molar-refractivity contribution in [2.75, 3.05) is 7.11 Å². The van der Waals surface area contributed by atoms with Gasteiger partial charge in [0.25, 0.3) is 0 Å². The number of methoxy groups -OCH3 is 1. The Morgan fingerprint density at radius 1 is 1.24 bits per heavy atom. The Labute approximate surface area is 145 Å². The second kappa shape index (κ2) is 6.38. The van der Waals surface area contributed by atoms with Gasteiger partial charge in [0.2, 0.25) is 10.0 Å². The first-order valence-electron chi connectivity index (χ1n) is 7.75. The number of aryl methyl sites for hydroxylation is 1. The van der Waals surface area contributed by atoms with E-state index in [0.717, 1.165) is 17.5 Å². The molecule has 0 fully saturated rings. The molecule has 0 bridgehead atoms. The van der Waals surface area contributed by atoms with Crippen molar-refractivity contribution in [3.63, 3.8) is 0 Å². The van der Waals surface area contributed by atoms with Gasteiger partial charge in [0.15, 0.2) is 11.5 Å². The molecule has 0 aliphatic carbocycles. The highest BCUT2D eigenvalue weighted by Gasteiger charge is 2.16. The Bertz CT molecular complexity index is 1040. The van der Waals surface area contributed by atoms with Gasteiger partial charge in [-0.05, 0) is 42.8 Å². The number of fused-ring (bicyclic) bond motifs is 1. The molecule has 1 heterocycles. The molecule has 132 valence electrons. The van der Waals surface area contributed by atoms with Gasteiger partial charge in [-0.2, -0.15) is 0 Å². The lowest BCUT2D eigenvalue weighted by Crippen LogP contribution is -2.11. The van der Waals surface area contributed by atoms with Gasteiger partial charge >= 0.3 is 0 Å². The fourth-order valence-electron chi connectivity index (χ4n) is 2.77. The lowest BCUT2D eigenvalue weighted by atomic mass is 10.2. The average molecular weight is 361 g/mol. The van der Waals surface area contributed by atoms with Crippen LogP contribution in [0.25, 0.3) is 22.4 Å². The Hall–Kier alpha value is -2.58. The van der Waals surface area contributed by atoms with Crippen molar-refractivity contribution >= 4 is 21.1 Å². The number of hydrogen-bond acceptors (Lipinski definition) is 5. The lowest BCUT2D eigenvalue weighted by Gasteiger charge is -2.10. The number of sulfonamides is 1. The predicted molar refractivity (Wildman–Crippen MR) is 95.1 cm³/mol. The zero-order chi connectivity index (χ0) is 18.2. The normalized spacial score (nSPS) is 11.8. The van der Waals surface area contributed by atoms with Crippen LogP contribution in [-0.4, -0.2) is 30.2 Å². The van der Waals surface area contributed by atoms with E-state index < -0.39 is 10.0 Å². The maximum atomic E-state index is 11.6. The van der Waals surface area contributed by atoms with E-state index in [-0.39, 0.29) is 10.6 Å². The van der Waals surface area contributed by atoms with Gasteiger partial charge in [0, 0.05) is 12.1 Å². The third-order valence-corrected chi connectivity index (χ3v) is 4.84. The number of nitrogens with zero attached hydrogens (tertiary/aromatic N) is 2. The van der Waals surface area contributed by atoms with Crippen LogP contribution < -0.4 is 9.88 Å². The predicted octanol–water partition coefficient (Wildman–Crippen LogP) is 2.47. The van der Waals surface area contributed by atoms with E-state index in [2.05, 4.69) is 4.98 Å². The van der Waals surface area contributed by atoms with Crippen LogP contribution >= 0.6 is 0 Å². The molecule has 1 aromatic heterocycles. The summed E-state index contributed by atoms with van der Waals surface area (Å²) in [6.45, 7) is 2.76. The number of benzene rings is 2. The molecule has 0 atom stereocenters. The van der Waals surface area contributed by atoms with E-state index in [9.17, 15) is 13.5 Å². The van der Waals surface area contributed by atoms with E-state index in [0.29, 0.717) is 23.6 Å². The lowest BCUT2D eigenvalue weighted by molar-refractivity contribution is 0.373. The molecule has 3 N–H and O–H groups in total. The van der Waals surface area contributed by atoms with Gasteiger partial charge in [-0.25, -0.2) is 18.5 Å². The summed E-state index contributed by atoms with van der Waals surface area (Å²) in [6, 6.07) is 9.64. The van der Waals surface area contributed by atoms with E-state index >= 15 is 0 Å². The van der Waals surface area contributed by atoms with E-state index in [4.69, 9.17) is 9.88 Å². The SMILES string of the molecule is CCCn1c(-c2ccc(O)c(OC)c2)nc2cc(S(N)(=O)=O)ccc21. The van der Waals surface area contributed by atoms with Gasteiger partial charge in [-0.1, -0.05) is 6.92 Å². The van der Waals surface area contributed by atoms with Crippen molar-refractivity contribution in [3.8, 4) is 22.9 Å². The summed E-state index contributed by atoms with van der Waals surface area (Å²) in [5, 5.41) is 15.0. The zero-order valence-electron chi connectivity index (χ0n) is 13.9. The molecule has 0 spiro atoms. The number of aromatic nitrogens is 2. The molecule has 7 nitrogen and oxygen atoms in total. The van der Waals surface area contributed by atoms with E-state index in [1.165, 1.54) is 19.2 Å². The number of imidazole rings is 1. The summed E-state index contributed by atoms with van der Waals surface area (Å²) in [7, 11) is -2.31. The van der Waals surface area contributed by atoms with Crippen LogP contribution in [0.4, 0.5) is 0 Å². The Balaban J connectivity index is 2.25. The topological polar surface area (TPSA) is 107 Å². The monoisotopic (exact) mass is 361 g/mol. The molecule has 0 saturated carbocycles. The second-order valence-corrected chi connectivity index (χ2v) is 7.23. The van der Waals surface area contributed by atoms with Crippen molar-refractivity contribution in [1.29, 1.82) is 0 Å². The third-order valence-electron chi connectivity index (χ3n) is 3.93. The highest BCUT2D eigenvalue weighted by Crippen LogP contribution is 2.33. The first-order chi connectivity index (χ1) is 11.8. The minimum absolute atomic E-state index is 0.0241. The first-order valence-corrected chi connectivity index (χ1v) is 9.30. The molecule has 0 aliphatic rings. The summed E-state index contributed by atoms with van der Waals surface area (Å²) in [5.74, 6) is 1.06. The molecule has 0 amide bonds. The second-order valence-electron chi connectivity index (χ2n) is 5.67. The number of ether oxygens (including phenoxy) is 1. The molecule has 3 aromatic rings. The van der Waals surface area contributed by atoms with Crippen molar-refractivity contribution in [1.82, 2.24) is 9.55 Å². The molecule has 0 radical (unpaired) electrons. The molecular weight excluding hydrogens is 342 g/mol. The molecular formula is C17H19N3O4S. The van der Waals surface area contributed by atoms with Gasteiger partial charge in [0.1, 0.15) is 5.82 Å². The number of phenolic OH excluding ortho intramolecular Hbond substituents is 1. The molecule has 8 heteroatoms. The van der Waals surface area contributed by atoms with Crippen LogP contribution in [0, 0.1) is 0 Å². The number of primary sulfonamides is 1. The Morgan fingerprint density at radius 3 is 2.64 bits per heavy atom. The fourth-order valence-corrected chi connectivity index (χ4v) is 3.31. The minimum Gasteiger partial charge on any atom is -0.504 e. The molecule has 0 saturated heterocycles. The summed E-state index contributed by atoms with van der Waals surface area (Å²) >= 11 is 0. The first kappa shape index (κ1) is 17.2. The standard InChI is InChI=1S/C17H19N3O4S/c1-3-8-20-14-6-5-12(25(18,22)23)10-13(14)19-17(20)11-4-7-15(21)16(9-11)24-2/h4-7,9-10,21H,3,8H2,1-2H3,(H2,18,22,23). The zero-order valence-corrected chi connectivity index (χ0v) is 14.7. The summed E-state index contributed by atoms with van der Waals surface area (Å²) in [6.07, 6.45) is 0.880. The van der Waals surface area contributed by atoms with Crippen LogP contribution in [0.5, 0.6) is 11.5 Å². The highest BCUT2D eigenvalue weighted by atomic mass is 32.2. The fraction of sp³-hybridized carbons (Fsp3) is 0.235. The average Bonchev–Trinajstić information content (AvgIpc) is 2.93. The van der Waals surface area contributed by atoms with Gasteiger partial charge < -0.3 is 14.4 Å². The molecule has 0 unspecified atom stereocenters. The van der Waals surface area contributed by atoms with E-state index in [1.54, 1.807) is 24.3 Å². The van der Waals surface area contributed by atoms with Gasteiger partial charge in [-0.3, -0.25) is 0 Å². The molecule has 0 aliphatic heterocycles. The molecule has 25 heavy (non-hydrogen) atoms. The van der Waals surface area contributed by atoms with Crippen molar-refractivity contribution in [2.45, 2.75) is 24.8 Å². The van der Waals surface area contributed by atoms with Crippen LogP contribution in [-0.2, 0) is 16.6 Å². The van der Waals surface area contributed by atoms with Crippen LogP contribution in [0.2, 0.25) is 0 Å². The largest absolute Gasteiger partial charge is 0.504 e. The Morgan fingerprint density at radius 2 is 2.00 bits per heavy atom. The van der Waals surface area contributed by atoms with Crippen LogP contribution in [0.15, 0.2) is 41.3 Å². The number of hydrogen-bond donors (Lipinski definition) is 2. The van der Waals surface area contributed by atoms with Crippen molar-refractivity contribution in [2.24, 2.45) is 5.14 Å². The quantitative estimate of drug-likeness (QED) is 0.726. The summed E-state index contributed by atoms with van der Waals surface area (Å²) in [4.78, 5) is 4.61. The van der Waals surface area contributed by atoms with Crippen molar-refractivity contribution in [3.05, 3.63) is 36.4 Å². The number of phenols is 1. The van der Waals surface area contributed by atoms with Crippen LogP contribution in [0.3, 0.4) is 0 Å². The molecule has 3 rings (SSSR count). The highest BCUT2D eigenvalue weighted by molar-refractivity contribution is 7.89. The molecule has 2 aromatic carbocycles. The maximum absolute atomic E-state index is 11.6.